The van der Waals surface area contributed by atoms with Gasteiger partial charge in [-0.2, -0.15) is 0 Å². The van der Waals surface area contributed by atoms with Gasteiger partial charge in [-0.3, -0.25) is 4.79 Å². The first-order chi connectivity index (χ1) is 16.9. The number of nitrogens with zero attached hydrogens (tertiary/aromatic N) is 2. The SMILES string of the molecule is C=CC(=O)NCc1cccc(CN(C(=O)Nc2cccc(C)c2)C2CCN(C(C)CCC)CC2)c1. The van der Waals surface area contributed by atoms with Crippen LogP contribution in [0.25, 0.3) is 0 Å². The van der Waals surface area contributed by atoms with Gasteiger partial charge >= 0.3 is 6.03 Å². The van der Waals surface area contributed by atoms with E-state index in [-0.39, 0.29) is 18.0 Å². The zero-order chi connectivity index (χ0) is 25.2. The predicted octanol–water partition coefficient (Wildman–Crippen LogP) is 5.48. The number of nitrogens with one attached hydrogen (secondary N) is 2. The minimum atomic E-state index is -0.196. The van der Waals surface area contributed by atoms with Crippen molar-refractivity contribution in [1.82, 2.24) is 15.1 Å². The minimum absolute atomic E-state index is 0.0685. The van der Waals surface area contributed by atoms with Crippen molar-refractivity contribution in [3.05, 3.63) is 77.9 Å². The second-order valence-electron chi connectivity index (χ2n) is 9.57. The number of hydrogen-bond donors (Lipinski definition) is 2. The van der Waals surface area contributed by atoms with Crippen molar-refractivity contribution in [2.24, 2.45) is 0 Å². The summed E-state index contributed by atoms with van der Waals surface area (Å²) in [5.41, 5.74) is 3.98. The molecule has 188 valence electrons. The lowest BCUT2D eigenvalue weighted by atomic mass is 9.99. The molecule has 6 heteroatoms. The first-order valence-electron chi connectivity index (χ1n) is 12.8. The molecular weight excluding hydrogens is 436 g/mol. The van der Waals surface area contributed by atoms with E-state index in [1.165, 1.54) is 18.9 Å². The summed E-state index contributed by atoms with van der Waals surface area (Å²) in [7, 11) is 0. The molecule has 3 amide bonds. The highest BCUT2D eigenvalue weighted by Gasteiger charge is 2.29. The van der Waals surface area contributed by atoms with Crippen molar-refractivity contribution >= 4 is 17.6 Å². The molecule has 1 heterocycles. The lowest BCUT2D eigenvalue weighted by molar-refractivity contribution is -0.116. The average molecular weight is 477 g/mol. The van der Waals surface area contributed by atoms with Crippen molar-refractivity contribution in [1.29, 1.82) is 0 Å². The number of aryl methyl sites for hydroxylation is 1. The molecular formula is C29H40N4O2. The topological polar surface area (TPSA) is 64.7 Å². The highest BCUT2D eigenvalue weighted by molar-refractivity contribution is 5.89. The summed E-state index contributed by atoms with van der Waals surface area (Å²) < 4.78 is 0. The highest BCUT2D eigenvalue weighted by atomic mass is 16.2. The number of carbonyl (C=O) groups excluding carboxylic acids is 2. The highest BCUT2D eigenvalue weighted by Crippen LogP contribution is 2.23. The molecule has 1 unspecified atom stereocenters. The van der Waals surface area contributed by atoms with E-state index in [0.29, 0.717) is 19.1 Å². The molecule has 0 radical (unpaired) electrons. The molecule has 0 aromatic heterocycles. The fourth-order valence-electron chi connectivity index (χ4n) is 4.82. The van der Waals surface area contributed by atoms with Gasteiger partial charge in [0, 0.05) is 44.0 Å². The second kappa shape index (κ2) is 13.1. The van der Waals surface area contributed by atoms with E-state index in [0.717, 1.165) is 48.3 Å². The Morgan fingerprint density at radius 1 is 1.14 bits per heavy atom. The first kappa shape index (κ1) is 26.5. The summed E-state index contributed by atoms with van der Waals surface area (Å²) in [6.45, 7) is 13.0. The van der Waals surface area contributed by atoms with Crippen molar-refractivity contribution in [3.8, 4) is 0 Å². The summed E-state index contributed by atoms with van der Waals surface area (Å²) in [6.07, 6.45) is 5.59. The number of amides is 3. The van der Waals surface area contributed by atoms with Crippen molar-refractivity contribution in [3.63, 3.8) is 0 Å². The van der Waals surface area contributed by atoms with Gasteiger partial charge in [-0.1, -0.05) is 56.3 Å². The molecule has 2 N–H and O–H groups in total. The number of rotatable bonds is 10. The van der Waals surface area contributed by atoms with Gasteiger partial charge in [-0.05, 0) is 68.0 Å². The second-order valence-corrected chi connectivity index (χ2v) is 9.57. The lowest BCUT2D eigenvalue weighted by Gasteiger charge is -2.40. The summed E-state index contributed by atoms with van der Waals surface area (Å²) in [4.78, 5) is 29.6. The van der Waals surface area contributed by atoms with Gasteiger partial charge in [0.25, 0.3) is 0 Å². The molecule has 2 aromatic rings. The summed E-state index contributed by atoms with van der Waals surface area (Å²) in [5, 5.41) is 5.95. The Bertz CT molecular complexity index is 998. The monoisotopic (exact) mass is 476 g/mol. The Kier molecular flexibility index (Phi) is 9.91. The molecule has 3 rings (SSSR count). The van der Waals surface area contributed by atoms with Crippen LogP contribution in [0.3, 0.4) is 0 Å². The number of likely N-dealkylation sites (tertiary alicyclic amines) is 1. The molecule has 6 nitrogen and oxygen atoms in total. The van der Waals surface area contributed by atoms with E-state index in [9.17, 15) is 9.59 Å². The van der Waals surface area contributed by atoms with Gasteiger partial charge in [0.1, 0.15) is 0 Å². The smallest absolute Gasteiger partial charge is 0.322 e. The summed E-state index contributed by atoms with van der Waals surface area (Å²) in [6, 6.07) is 16.7. The van der Waals surface area contributed by atoms with Gasteiger partial charge < -0.3 is 20.4 Å². The molecule has 2 aromatic carbocycles. The van der Waals surface area contributed by atoms with Gasteiger partial charge in [-0.15, -0.1) is 0 Å². The fourth-order valence-corrected chi connectivity index (χ4v) is 4.82. The normalized spacial score (nSPS) is 15.3. The molecule has 35 heavy (non-hydrogen) atoms. The van der Waals surface area contributed by atoms with Gasteiger partial charge in [-0.25, -0.2) is 4.79 Å². The van der Waals surface area contributed by atoms with Gasteiger partial charge in [0.2, 0.25) is 5.91 Å². The maximum atomic E-state index is 13.5. The Balaban J connectivity index is 1.74. The maximum Gasteiger partial charge on any atom is 0.322 e. The van der Waals surface area contributed by atoms with Gasteiger partial charge in [0.05, 0.1) is 0 Å². The third-order valence-electron chi connectivity index (χ3n) is 6.80. The molecule has 1 aliphatic heterocycles. The van der Waals surface area contributed by atoms with E-state index >= 15 is 0 Å². The summed E-state index contributed by atoms with van der Waals surface area (Å²) >= 11 is 0. The van der Waals surface area contributed by atoms with Crippen LogP contribution in [-0.4, -0.2) is 46.9 Å². The van der Waals surface area contributed by atoms with Crippen LogP contribution in [0.1, 0.15) is 56.2 Å². The molecule has 0 aliphatic carbocycles. The first-order valence-corrected chi connectivity index (χ1v) is 12.8. The standard InChI is InChI=1S/C29H40N4O2/c1-5-9-23(4)32-16-14-27(15-17-32)33(29(35)31-26-13-7-10-22(3)18-26)21-25-12-8-11-24(19-25)20-30-28(34)6-2/h6-8,10-13,18-19,23,27H,2,5,9,14-17,20-21H2,1,3-4H3,(H,30,34)(H,31,35). The molecule has 1 fully saturated rings. The molecule has 0 spiro atoms. The van der Waals surface area contributed by atoms with E-state index in [1.54, 1.807) is 0 Å². The Hall–Kier alpha value is -3.12. The Morgan fingerprint density at radius 3 is 2.54 bits per heavy atom. The van der Waals surface area contributed by atoms with Crippen LogP contribution in [0.2, 0.25) is 0 Å². The van der Waals surface area contributed by atoms with Gasteiger partial charge in [0.15, 0.2) is 0 Å². The number of hydrogen-bond acceptors (Lipinski definition) is 3. The van der Waals surface area contributed by atoms with Crippen molar-refractivity contribution in [2.45, 2.75) is 71.6 Å². The molecule has 1 aliphatic rings. The summed E-state index contributed by atoms with van der Waals surface area (Å²) in [5.74, 6) is -0.196. The zero-order valence-corrected chi connectivity index (χ0v) is 21.4. The van der Waals surface area contributed by atoms with Crippen LogP contribution in [0.5, 0.6) is 0 Å². The van der Waals surface area contributed by atoms with E-state index in [1.807, 2.05) is 54.3 Å². The van der Waals surface area contributed by atoms with Crippen molar-refractivity contribution < 1.29 is 9.59 Å². The third kappa shape index (κ3) is 7.96. The number of carbonyl (C=O) groups is 2. The zero-order valence-electron chi connectivity index (χ0n) is 21.4. The lowest BCUT2D eigenvalue weighted by Crippen LogP contribution is -2.50. The third-order valence-corrected chi connectivity index (χ3v) is 6.80. The van der Waals surface area contributed by atoms with E-state index < -0.39 is 0 Å². The number of urea groups is 1. The number of piperidine rings is 1. The fraction of sp³-hybridized carbons (Fsp3) is 0.448. The Morgan fingerprint density at radius 2 is 1.86 bits per heavy atom. The van der Waals surface area contributed by atoms with Crippen LogP contribution >= 0.6 is 0 Å². The largest absolute Gasteiger partial charge is 0.348 e. The number of anilines is 1. The molecule has 0 saturated carbocycles. The van der Waals surface area contributed by atoms with E-state index in [4.69, 9.17) is 0 Å². The van der Waals surface area contributed by atoms with E-state index in [2.05, 4.69) is 42.0 Å². The maximum absolute atomic E-state index is 13.5. The molecule has 1 atom stereocenters. The average Bonchev–Trinajstić information content (AvgIpc) is 2.86. The predicted molar refractivity (Wildman–Crippen MR) is 143 cm³/mol. The van der Waals surface area contributed by atoms with Crippen LogP contribution in [0, 0.1) is 6.92 Å². The Labute approximate surface area is 210 Å². The van der Waals surface area contributed by atoms with Crippen LogP contribution in [0.15, 0.2) is 61.2 Å². The van der Waals surface area contributed by atoms with Crippen LogP contribution in [0.4, 0.5) is 10.5 Å². The minimum Gasteiger partial charge on any atom is -0.348 e. The van der Waals surface area contributed by atoms with Crippen molar-refractivity contribution in [2.75, 3.05) is 18.4 Å². The molecule has 0 bridgehead atoms. The van der Waals surface area contributed by atoms with Crippen LogP contribution < -0.4 is 10.6 Å². The molecule has 1 saturated heterocycles. The quantitative estimate of drug-likeness (QED) is 0.446. The number of benzene rings is 2. The van der Waals surface area contributed by atoms with Crippen LogP contribution in [-0.2, 0) is 17.9 Å².